The fraction of sp³-hybridized carbons (Fsp3) is 0.619. The zero-order valence-electron chi connectivity index (χ0n) is 17.4. The summed E-state index contributed by atoms with van der Waals surface area (Å²) in [7, 11) is -3.67. The van der Waals surface area contributed by atoms with E-state index in [-0.39, 0.29) is 17.6 Å². The van der Waals surface area contributed by atoms with Gasteiger partial charge in [0.25, 0.3) is 0 Å². The Kier molecular flexibility index (Phi) is 6.73. The second-order valence-corrected chi connectivity index (χ2v) is 10.2. The summed E-state index contributed by atoms with van der Waals surface area (Å²) in [4.78, 5) is 0.194. The molecular formula is C21H30N4O5S. The Bertz CT molecular complexity index is 959. The topological polar surface area (TPSA) is 127 Å². The van der Waals surface area contributed by atoms with Crippen molar-refractivity contribution in [1.29, 1.82) is 0 Å². The summed E-state index contributed by atoms with van der Waals surface area (Å²) in [6.07, 6.45) is 6.41. The van der Waals surface area contributed by atoms with Crippen LogP contribution in [0.5, 0.6) is 0 Å². The van der Waals surface area contributed by atoms with Crippen molar-refractivity contribution in [1.82, 2.24) is 19.7 Å². The number of hydrogen-bond acceptors (Lipinski definition) is 7. The minimum Gasteiger partial charge on any atom is -0.394 e. The van der Waals surface area contributed by atoms with Crippen molar-refractivity contribution in [3.63, 3.8) is 0 Å². The molecule has 10 heteroatoms. The van der Waals surface area contributed by atoms with E-state index in [1.165, 1.54) is 12.1 Å². The number of hydrogen-bond donors (Lipinski definition) is 3. The largest absolute Gasteiger partial charge is 0.394 e. The van der Waals surface area contributed by atoms with Crippen LogP contribution in [-0.2, 0) is 26.9 Å². The maximum atomic E-state index is 12.6. The van der Waals surface area contributed by atoms with E-state index in [0.29, 0.717) is 31.5 Å². The maximum Gasteiger partial charge on any atom is 0.240 e. The molecule has 2 aromatic rings. The Balaban J connectivity index is 1.31. The highest BCUT2D eigenvalue weighted by Crippen LogP contribution is 2.37. The first-order valence-electron chi connectivity index (χ1n) is 10.9. The number of aromatic nitrogens is 3. The molecule has 3 atom stereocenters. The van der Waals surface area contributed by atoms with Crippen LogP contribution >= 0.6 is 0 Å². The average Bonchev–Trinajstić information content (AvgIpc) is 3.43. The van der Waals surface area contributed by atoms with Crippen molar-refractivity contribution in [3.05, 3.63) is 42.2 Å². The molecule has 0 radical (unpaired) electrons. The van der Waals surface area contributed by atoms with Crippen LogP contribution in [0.15, 0.2) is 41.4 Å². The van der Waals surface area contributed by atoms with Gasteiger partial charge >= 0.3 is 0 Å². The van der Waals surface area contributed by atoms with Crippen molar-refractivity contribution >= 4 is 10.0 Å². The fourth-order valence-corrected chi connectivity index (χ4v) is 5.78. The lowest BCUT2D eigenvalue weighted by Crippen LogP contribution is -2.50. The van der Waals surface area contributed by atoms with Crippen molar-refractivity contribution in [2.45, 2.75) is 80.2 Å². The maximum absolute atomic E-state index is 12.6. The zero-order chi connectivity index (χ0) is 21.9. The van der Waals surface area contributed by atoms with Gasteiger partial charge in [-0.05, 0) is 44.2 Å². The molecule has 9 nitrogen and oxygen atoms in total. The zero-order valence-corrected chi connectivity index (χ0v) is 18.2. The molecule has 1 aromatic carbocycles. The average molecular weight is 451 g/mol. The molecule has 0 spiro atoms. The standard InChI is InChI=1S/C21H30N4O5S/c26-15-19-18(23-31(28,29)17-6-2-1-3-7-17)9-8-16(30-19)10-13-25-14-20(22-24-25)21(27)11-4-5-12-21/h1-3,6-7,14,16,18-19,23,26-27H,4-5,8-13,15H2/t16-,18-,19+/m1/s1. The Morgan fingerprint density at radius 2 is 1.94 bits per heavy atom. The summed E-state index contributed by atoms with van der Waals surface area (Å²) in [5, 5.41) is 28.7. The summed E-state index contributed by atoms with van der Waals surface area (Å²) >= 11 is 0. The number of aliphatic hydroxyl groups excluding tert-OH is 1. The molecule has 1 saturated carbocycles. The van der Waals surface area contributed by atoms with Gasteiger partial charge in [-0.15, -0.1) is 5.10 Å². The summed E-state index contributed by atoms with van der Waals surface area (Å²) in [5.41, 5.74) is -0.233. The first-order valence-corrected chi connectivity index (χ1v) is 12.3. The molecule has 0 bridgehead atoms. The van der Waals surface area contributed by atoms with E-state index in [2.05, 4.69) is 15.0 Å². The summed E-state index contributed by atoms with van der Waals surface area (Å²) in [5.74, 6) is 0. The first-order chi connectivity index (χ1) is 14.9. The highest BCUT2D eigenvalue weighted by Gasteiger charge is 2.36. The third-order valence-electron chi connectivity index (χ3n) is 6.28. The van der Waals surface area contributed by atoms with Gasteiger partial charge in [-0.1, -0.05) is 36.3 Å². The van der Waals surface area contributed by atoms with E-state index >= 15 is 0 Å². The van der Waals surface area contributed by atoms with Crippen LogP contribution in [-0.4, -0.2) is 58.5 Å². The molecule has 2 aliphatic rings. The molecule has 1 aliphatic carbocycles. The fourth-order valence-electron chi connectivity index (χ4n) is 4.46. The number of sulfonamides is 1. The van der Waals surface area contributed by atoms with Gasteiger partial charge in [-0.25, -0.2) is 13.1 Å². The number of aliphatic hydroxyl groups is 2. The molecule has 170 valence electrons. The predicted octanol–water partition coefficient (Wildman–Crippen LogP) is 1.32. The van der Waals surface area contributed by atoms with Gasteiger partial charge in [0.1, 0.15) is 11.3 Å². The third kappa shape index (κ3) is 5.15. The lowest BCUT2D eigenvalue weighted by atomic mass is 9.98. The van der Waals surface area contributed by atoms with Gasteiger partial charge in [0.2, 0.25) is 10.0 Å². The minimum absolute atomic E-state index is 0.114. The van der Waals surface area contributed by atoms with Crippen molar-refractivity contribution in [2.24, 2.45) is 0 Å². The van der Waals surface area contributed by atoms with Gasteiger partial charge < -0.3 is 14.9 Å². The Labute approximate surface area is 182 Å². The van der Waals surface area contributed by atoms with E-state index < -0.39 is 27.8 Å². The molecule has 1 aromatic heterocycles. The van der Waals surface area contributed by atoms with E-state index in [9.17, 15) is 18.6 Å². The minimum atomic E-state index is -3.67. The molecule has 1 aliphatic heterocycles. The van der Waals surface area contributed by atoms with E-state index in [0.717, 1.165) is 25.7 Å². The van der Waals surface area contributed by atoms with Crippen molar-refractivity contribution < 1.29 is 23.4 Å². The van der Waals surface area contributed by atoms with Gasteiger partial charge in [-0.3, -0.25) is 4.68 Å². The highest BCUT2D eigenvalue weighted by molar-refractivity contribution is 7.89. The van der Waals surface area contributed by atoms with Crippen molar-refractivity contribution in [2.75, 3.05) is 6.61 Å². The van der Waals surface area contributed by atoms with Gasteiger partial charge in [-0.2, -0.15) is 0 Å². The summed E-state index contributed by atoms with van der Waals surface area (Å²) < 4.78 is 35.6. The molecular weight excluding hydrogens is 420 g/mol. The van der Waals surface area contributed by atoms with Crippen LogP contribution in [0.1, 0.15) is 50.6 Å². The van der Waals surface area contributed by atoms with Crippen LogP contribution in [0.4, 0.5) is 0 Å². The smallest absolute Gasteiger partial charge is 0.240 e. The molecule has 0 amide bonds. The van der Waals surface area contributed by atoms with Crippen LogP contribution < -0.4 is 4.72 Å². The second kappa shape index (κ2) is 9.33. The van der Waals surface area contributed by atoms with Crippen LogP contribution in [0.3, 0.4) is 0 Å². The molecule has 1 saturated heterocycles. The van der Waals surface area contributed by atoms with Crippen LogP contribution in [0.25, 0.3) is 0 Å². The van der Waals surface area contributed by atoms with Crippen LogP contribution in [0.2, 0.25) is 0 Å². The molecule has 31 heavy (non-hydrogen) atoms. The van der Waals surface area contributed by atoms with E-state index in [4.69, 9.17) is 4.74 Å². The molecule has 2 heterocycles. The first kappa shape index (κ1) is 22.3. The highest BCUT2D eigenvalue weighted by atomic mass is 32.2. The summed E-state index contributed by atoms with van der Waals surface area (Å²) in [6.45, 7) is 0.311. The molecule has 3 N–H and O–H groups in total. The van der Waals surface area contributed by atoms with Gasteiger partial charge in [0, 0.05) is 6.54 Å². The quantitative estimate of drug-likeness (QED) is 0.553. The third-order valence-corrected chi connectivity index (χ3v) is 7.79. The molecule has 4 rings (SSSR count). The number of ether oxygens (including phenoxy) is 1. The Hall–Kier alpha value is -1.85. The monoisotopic (exact) mass is 450 g/mol. The van der Waals surface area contributed by atoms with Gasteiger partial charge in [0.05, 0.1) is 35.9 Å². The normalized spacial score (nSPS) is 26.2. The van der Waals surface area contributed by atoms with Gasteiger partial charge in [0.15, 0.2) is 0 Å². The summed E-state index contributed by atoms with van der Waals surface area (Å²) in [6, 6.07) is 7.70. The SMILES string of the molecule is O=S(=O)(N[C@@H]1CC[C@H](CCn2cc(C3(O)CCCC3)nn2)O[C@H]1CO)c1ccccc1. The molecule has 0 unspecified atom stereocenters. The Morgan fingerprint density at radius 1 is 1.19 bits per heavy atom. The number of benzene rings is 1. The lowest BCUT2D eigenvalue weighted by Gasteiger charge is -2.36. The Morgan fingerprint density at radius 3 is 2.65 bits per heavy atom. The molecule has 2 fully saturated rings. The number of nitrogens with zero attached hydrogens (tertiary/aromatic N) is 3. The van der Waals surface area contributed by atoms with Crippen LogP contribution in [0, 0.1) is 0 Å². The second-order valence-electron chi connectivity index (χ2n) is 8.49. The van der Waals surface area contributed by atoms with E-state index in [1.54, 1.807) is 29.1 Å². The predicted molar refractivity (Wildman–Crippen MR) is 113 cm³/mol. The number of aryl methyl sites for hydroxylation is 1. The number of rotatable bonds is 8. The van der Waals surface area contributed by atoms with E-state index in [1.807, 2.05) is 0 Å². The number of nitrogens with one attached hydrogen (secondary N) is 1. The van der Waals surface area contributed by atoms with Crippen molar-refractivity contribution in [3.8, 4) is 0 Å². The lowest BCUT2D eigenvalue weighted by molar-refractivity contribution is -0.0891.